The molecule has 0 amide bonds. The van der Waals surface area contributed by atoms with Gasteiger partial charge in [-0.25, -0.2) is 0 Å². The molecule has 12 heavy (non-hydrogen) atoms. The lowest BCUT2D eigenvalue weighted by molar-refractivity contribution is 1.12. The number of hydrogen-bond acceptors (Lipinski definition) is 0. The third kappa shape index (κ3) is 5.96. The molecule has 0 aliphatic rings. The lowest BCUT2D eigenvalue weighted by Crippen LogP contribution is -1.78. The summed E-state index contributed by atoms with van der Waals surface area (Å²) >= 11 is 0. The molecule has 0 aromatic heterocycles. The van der Waals surface area contributed by atoms with Gasteiger partial charge in [0.05, 0.1) is 0 Å². The minimum Gasteiger partial charge on any atom is -0.0988 e. The molecule has 0 heteroatoms. The highest BCUT2D eigenvalue weighted by Crippen LogP contribution is 2.10. The van der Waals surface area contributed by atoms with E-state index in [9.17, 15) is 0 Å². The van der Waals surface area contributed by atoms with E-state index in [1.165, 1.54) is 11.1 Å². The molecule has 0 saturated carbocycles. The summed E-state index contributed by atoms with van der Waals surface area (Å²) < 4.78 is 0. The van der Waals surface area contributed by atoms with E-state index in [1.54, 1.807) is 0 Å². The first-order valence-corrected chi connectivity index (χ1v) is 4.71. The summed E-state index contributed by atoms with van der Waals surface area (Å²) in [4.78, 5) is 0. The van der Waals surface area contributed by atoms with Crippen LogP contribution in [0.2, 0.25) is 0 Å². The van der Waals surface area contributed by atoms with Gasteiger partial charge in [0.1, 0.15) is 0 Å². The average Bonchev–Trinajstić information content (AvgIpc) is 2.16. The Morgan fingerprint density at radius 1 is 1.33 bits per heavy atom. The van der Waals surface area contributed by atoms with Gasteiger partial charge < -0.3 is 0 Å². The van der Waals surface area contributed by atoms with Crippen molar-refractivity contribution >= 4 is 0 Å². The van der Waals surface area contributed by atoms with Crippen molar-refractivity contribution in [3.63, 3.8) is 0 Å². The molecule has 0 aromatic carbocycles. The van der Waals surface area contributed by atoms with Crippen LogP contribution in [0.5, 0.6) is 0 Å². The zero-order chi connectivity index (χ0) is 9.98. The van der Waals surface area contributed by atoms with Crippen LogP contribution in [-0.4, -0.2) is 0 Å². The second-order valence-corrected chi connectivity index (χ2v) is 2.27. The van der Waals surface area contributed by atoms with Gasteiger partial charge in [-0.1, -0.05) is 45.6 Å². The van der Waals surface area contributed by atoms with Crippen molar-refractivity contribution in [2.45, 2.75) is 41.0 Å². The van der Waals surface area contributed by atoms with E-state index in [1.807, 2.05) is 26.8 Å². The monoisotopic (exact) mass is 166 g/mol. The summed E-state index contributed by atoms with van der Waals surface area (Å²) in [6, 6.07) is 0. The molecule has 0 atom stereocenters. The first kappa shape index (κ1) is 13.8. The lowest BCUT2D eigenvalue weighted by Gasteiger charge is -1.99. The van der Waals surface area contributed by atoms with Gasteiger partial charge in [-0.2, -0.15) is 0 Å². The number of allylic oxidation sites excluding steroid dienone is 5. The molecule has 0 aliphatic carbocycles. The predicted molar refractivity (Wildman–Crippen MR) is 59.4 cm³/mol. The molecule has 0 heterocycles. The van der Waals surface area contributed by atoms with Crippen molar-refractivity contribution in [3.05, 3.63) is 36.0 Å². The number of rotatable bonds is 3. The lowest BCUT2D eigenvalue weighted by atomic mass is 10.1. The van der Waals surface area contributed by atoms with Gasteiger partial charge in [-0.3, -0.25) is 0 Å². The van der Waals surface area contributed by atoms with E-state index in [4.69, 9.17) is 0 Å². The molecular formula is C12H22. The molecule has 70 valence electrons. The van der Waals surface area contributed by atoms with Crippen LogP contribution in [0.4, 0.5) is 0 Å². The van der Waals surface area contributed by atoms with Crippen molar-refractivity contribution < 1.29 is 0 Å². The van der Waals surface area contributed by atoms with Gasteiger partial charge in [-0.15, -0.1) is 0 Å². The van der Waals surface area contributed by atoms with E-state index in [0.29, 0.717) is 0 Å². The zero-order valence-electron chi connectivity index (χ0n) is 9.15. The fraction of sp³-hybridized carbons (Fsp3) is 0.500. The Labute approximate surface area is 77.7 Å². The van der Waals surface area contributed by atoms with E-state index in [2.05, 4.69) is 32.6 Å². The second-order valence-electron chi connectivity index (χ2n) is 2.27. The van der Waals surface area contributed by atoms with Crippen molar-refractivity contribution in [2.24, 2.45) is 0 Å². The standard InChI is InChI=1S/C10H16.C2H6/c1-5-8-10(7-3)9(4)6-2;1-2/h5-6,8H,2,7H2,1,3-4H3;1-2H3/b8-5-,10-9-;. The summed E-state index contributed by atoms with van der Waals surface area (Å²) in [5.74, 6) is 0. The van der Waals surface area contributed by atoms with Crippen molar-refractivity contribution in [1.29, 1.82) is 0 Å². The summed E-state index contributed by atoms with van der Waals surface area (Å²) in [6.45, 7) is 14.0. The molecule has 0 bridgehead atoms. The number of hydrogen-bond donors (Lipinski definition) is 0. The minimum atomic E-state index is 1.09. The van der Waals surface area contributed by atoms with Crippen LogP contribution < -0.4 is 0 Å². The Morgan fingerprint density at radius 3 is 2.08 bits per heavy atom. The highest BCUT2D eigenvalue weighted by molar-refractivity contribution is 5.30. The molecule has 0 aliphatic heterocycles. The molecule has 0 rings (SSSR count). The highest BCUT2D eigenvalue weighted by atomic mass is 14.0. The van der Waals surface area contributed by atoms with Crippen LogP contribution >= 0.6 is 0 Å². The topological polar surface area (TPSA) is 0 Å². The van der Waals surface area contributed by atoms with E-state index < -0.39 is 0 Å². The summed E-state index contributed by atoms with van der Waals surface area (Å²) in [5.41, 5.74) is 2.65. The fourth-order valence-corrected chi connectivity index (χ4v) is 0.860. The van der Waals surface area contributed by atoms with Crippen molar-refractivity contribution in [1.82, 2.24) is 0 Å². The van der Waals surface area contributed by atoms with Gasteiger partial charge in [0.15, 0.2) is 0 Å². The summed E-state index contributed by atoms with van der Waals surface area (Å²) in [5, 5.41) is 0. The maximum atomic E-state index is 3.72. The van der Waals surface area contributed by atoms with Gasteiger partial charge in [0.25, 0.3) is 0 Å². The van der Waals surface area contributed by atoms with Crippen molar-refractivity contribution in [2.75, 3.05) is 0 Å². The minimum absolute atomic E-state index is 1.09. The average molecular weight is 166 g/mol. The molecule has 0 nitrogen and oxygen atoms in total. The van der Waals surface area contributed by atoms with Gasteiger partial charge in [0, 0.05) is 0 Å². The van der Waals surface area contributed by atoms with E-state index in [0.717, 1.165) is 6.42 Å². The SMILES string of the molecule is C=C/C(C)=C(\C=C/C)CC.CC. The Balaban J connectivity index is 0. The van der Waals surface area contributed by atoms with E-state index in [-0.39, 0.29) is 0 Å². The quantitative estimate of drug-likeness (QED) is 0.541. The largest absolute Gasteiger partial charge is 0.0988 e. The zero-order valence-corrected chi connectivity index (χ0v) is 9.15. The summed E-state index contributed by atoms with van der Waals surface area (Å²) in [6.07, 6.45) is 7.18. The third-order valence-electron chi connectivity index (χ3n) is 1.56. The maximum absolute atomic E-state index is 3.72. The summed E-state index contributed by atoms with van der Waals surface area (Å²) in [7, 11) is 0. The predicted octanol–water partition coefficient (Wildman–Crippen LogP) is 4.50. The van der Waals surface area contributed by atoms with Crippen LogP contribution in [0.3, 0.4) is 0 Å². The molecule has 0 unspecified atom stereocenters. The Kier molecular flexibility index (Phi) is 11.7. The van der Waals surface area contributed by atoms with Crippen LogP contribution in [0.25, 0.3) is 0 Å². The van der Waals surface area contributed by atoms with Crippen LogP contribution in [0, 0.1) is 0 Å². The second kappa shape index (κ2) is 10.2. The Morgan fingerprint density at radius 2 is 1.83 bits per heavy atom. The Bertz CT molecular complexity index is 159. The van der Waals surface area contributed by atoms with Gasteiger partial charge in [0.2, 0.25) is 0 Å². The van der Waals surface area contributed by atoms with Crippen LogP contribution in [0.1, 0.15) is 41.0 Å². The third-order valence-corrected chi connectivity index (χ3v) is 1.56. The highest BCUT2D eigenvalue weighted by Gasteiger charge is 1.89. The van der Waals surface area contributed by atoms with Crippen molar-refractivity contribution in [3.8, 4) is 0 Å². The van der Waals surface area contributed by atoms with Crippen LogP contribution in [-0.2, 0) is 0 Å². The molecule has 0 radical (unpaired) electrons. The maximum Gasteiger partial charge on any atom is -0.0305 e. The normalized spacial score (nSPS) is 11.8. The molecular weight excluding hydrogens is 144 g/mol. The smallest absolute Gasteiger partial charge is 0.0305 e. The molecule has 0 fully saturated rings. The molecule has 0 aromatic rings. The molecule has 0 spiro atoms. The van der Waals surface area contributed by atoms with Gasteiger partial charge >= 0.3 is 0 Å². The molecule has 0 saturated heterocycles. The Hall–Kier alpha value is -0.780. The molecule has 0 N–H and O–H groups in total. The fourth-order valence-electron chi connectivity index (χ4n) is 0.860. The first-order valence-electron chi connectivity index (χ1n) is 4.71. The van der Waals surface area contributed by atoms with Gasteiger partial charge in [-0.05, 0) is 31.4 Å². The van der Waals surface area contributed by atoms with Crippen LogP contribution in [0.15, 0.2) is 36.0 Å². The van der Waals surface area contributed by atoms with E-state index >= 15 is 0 Å². The first-order chi connectivity index (χ1) is 5.76.